The maximum Gasteiger partial charge on any atom is 0.119 e. The molecule has 1 aromatic carbocycles. The van der Waals surface area contributed by atoms with Crippen LogP contribution in [0.5, 0.6) is 5.75 Å². The lowest BCUT2D eigenvalue weighted by molar-refractivity contribution is 0.309. The molecular weight excluding hydrogens is 268 g/mol. The third-order valence-corrected chi connectivity index (χ3v) is 4.22. The second kappa shape index (κ2) is 7.43. The highest BCUT2D eigenvalue weighted by Crippen LogP contribution is 2.28. The molecule has 0 amide bonds. The van der Waals surface area contributed by atoms with Crippen LogP contribution in [0.4, 0.5) is 0 Å². The van der Waals surface area contributed by atoms with Gasteiger partial charge in [0.05, 0.1) is 12.6 Å². The molecular formula is C16H22N2OS. The number of hydrogen-bond acceptors (Lipinski definition) is 4. The Morgan fingerprint density at radius 2 is 2.00 bits per heavy atom. The highest BCUT2D eigenvalue weighted by molar-refractivity contribution is 7.10. The number of unbranched alkanes of at least 4 members (excludes halogenated alkanes) is 1. The minimum atomic E-state index is 0.0333. The minimum absolute atomic E-state index is 0.0333. The molecule has 0 radical (unpaired) electrons. The van der Waals surface area contributed by atoms with Gasteiger partial charge in [0.2, 0.25) is 0 Å². The summed E-state index contributed by atoms with van der Waals surface area (Å²) in [5.74, 6) is 6.64. The lowest BCUT2D eigenvalue weighted by atomic mass is 10.00. The number of rotatable bonds is 7. The first kappa shape index (κ1) is 15.0. The Morgan fingerprint density at radius 3 is 2.55 bits per heavy atom. The van der Waals surface area contributed by atoms with Gasteiger partial charge >= 0.3 is 0 Å². The molecule has 1 atom stereocenters. The number of nitrogens with two attached hydrogens (primary N) is 1. The molecule has 1 aromatic heterocycles. The molecule has 4 heteroatoms. The standard InChI is InChI=1S/C16H22N2OS/c1-3-4-10-19-14-7-5-13(6-8-14)16(18-17)15-9-11-20-12(15)2/h5-9,11,16,18H,3-4,10,17H2,1-2H3. The Morgan fingerprint density at radius 1 is 1.25 bits per heavy atom. The zero-order chi connectivity index (χ0) is 14.4. The van der Waals surface area contributed by atoms with Crippen LogP contribution < -0.4 is 16.0 Å². The molecule has 0 aliphatic heterocycles. The van der Waals surface area contributed by atoms with Crippen molar-refractivity contribution in [3.8, 4) is 5.75 Å². The monoisotopic (exact) mass is 290 g/mol. The van der Waals surface area contributed by atoms with Crippen LogP contribution in [0.2, 0.25) is 0 Å². The van der Waals surface area contributed by atoms with Crippen LogP contribution >= 0.6 is 11.3 Å². The molecule has 2 aromatic rings. The predicted molar refractivity (Wildman–Crippen MR) is 85.1 cm³/mol. The van der Waals surface area contributed by atoms with E-state index < -0.39 is 0 Å². The summed E-state index contributed by atoms with van der Waals surface area (Å²) in [7, 11) is 0. The average molecular weight is 290 g/mol. The number of hydrazine groups is 1. The predicted octanol–water partition coefficient (Wildman–Crippen LogP) is 3.79. The second-order valence-corrected chi connectivity index (χ2v) is 5.92. The maximum absolute atomic E-state index is 5.72. The highest BCUT2D eigenvalue weighted by atomic mass is 32.1. The van der Waals surface area contributed by atoms with Crippen molar-refractivity contribution in [3.05, 3.63) is 51.7 Å². The average Bonchev–Trinajstić information content (AvgIpc) is 2.88. The summed E-state index contributed by atoms with van der Waals surface area (Å²) in [4.78, 5) is 1.29. The second-order valence-electron chi connectivity index (χ2n) is 4.80. The van der Waals surface area contributed by atoms with Gasteiger partial charge in [-0.05, 0) is 48.1 Å². The number of benzene rings is 1. The Kier molecular flexibility index (Phi) is 5.59. The van der Waals surface area contributed by atoms with Gasteiger partial charge in [0, 0.05) is 4.88 Å². The molecule has 1 heterocycles. The van der Waals surface area contributed by atoms with Crippen molar-refractivity contribution in [2.75, 3.05) is 6.61 Å². The fraction of sp³-hybridized carbons (Fsp3) is 0.375. The fourth-order valence-electron chi connectivity index (χ4n) is 2.15. The van der Waals surface area contributed by atoms with Crippen molar-refractivity contribution in [2.24, 2.45) is 5.84 Å². The molecule has 2 rings (SSSR count). The van der Waals surface area contributed by atoms with Crippen LogP contribution in [0, 0.1) is 6.92 Å². The summed E-state index contributed by atoms with van der Waals surface area (Å²) in [6, 6.07) is 10.3. The molecule has 3 N–H and O–H groups in total. The lowest BCUT2D eigenvalue weighted by Gasteiger charge is -2.17. The van der Waals surface area contributed by atoms with Gasteiger partial charge < -0.3 is 4.74 Å². The van der Waals surface area contributed by atoms with Gasteiger partial charge in [-0.15, -0.1) is 11.3 Å². The van der Waals surface area contributed by atoms with E-state index in [1.165, 1.54) is 10.4 Å². The van der Waals surface area contributed by atoms with E-state index in [2.05, 4.69) is 42.9 Å². The Labute approximate surface area is 124 Å². The van der Waals surface area contributed by atoms with Crippen LogP contribution in [0.3, 0.4) is 0 Å². The van der Waals surface area contributed by atoms with Crippen molar-refractivity contribution in [2.45, 2.75) is 32.7 Å². The van der Waals surface area contributed by atoms with Gasteiger partial charge in [0.1, 0.15) is 5.75 Å². The Hall–Kier alpha value is -1.36. The molecule has 20 heavy (non-hydrogen) atoms. The topological polar surface area (TPSA) is 47.3 Å². The molecule has 0 spiro atoms. The lowest BCUT2D eigenvalue weighted by Crippen LogP contribution is -2.28. The van der Waals surface area contributed by atoms with E-state index in [9.17, 15) is 0 Å². The van der Waals surface area contributed by atoms with E-state index in [1.807, 2.05) is 12.1 Å². The molecule has 0 bridgehead atoms. The van der Waals surface area contributed by atoms with Crippen LogP contribution in [0.25, 0.3) is 0 Å². The van der Waals surface area contributed by atoms with Crippen LogP contribution in [-0.4, -0.2) is 6.61 Å². The van der Waals surface area contributed by atoms with Gasteiger partial charge in [-0.3, -0.25) is 5.84 Å². The third kappa shape index (κ3) is 3.60. The summed E-state index contributed by atoms with van der Waals surface area (Å²) in [5, 5.41) is 2.09. The van der Waals surface area contributed by atoms with E-state index in [-0.39, 0.29) is 6.04 Å². The number of ether oxygens (including phenoxy) is 1. The first-order chi connectivity index (χ1) is 9.76. The SMILES string of the molecule is CCCCOc1ccc(C(NN)c2ccsc2C)cc1. The van der Waals surface area contributed by atoms with Crippen LogP contribution in [-0.2, 0) is 0 Å². The maximum atomic E-state index is 5.72. The summed E-state index contributed by atoms with van der Waals surface area (Å²) >= 11 is 1.74. The van der Waals surface area contributed by atoms with Gasteiger partial charge in [0.15, 0.2) is 0 Å². The molecule has 0 aliphatic carbocycles. The van der Waals surface area contributed by atoms with Gasteiger partial charge in [-0.2, -0.15) is 0 Å². The van der Waals surface area contributed by atoms with Crippen molar-refractivity contribution in [3.63, 3.8) is 0 Å². The van der Waals surface area contributed by atoms with E-state index in [0.717, 1.165) is 30.8 Å². The minimum Gasteiger partial charge on any atom is -0.494 e. The van der Waals surface area contributed by atoms with E-state index in [1.54, 1.807) is 11.3 Å². The van der Waals surface area contributed by atoms with Crippen molar-refractivity contribution in [1.29, 1.82) is 0 Å². The van der Waals surface area contributed by atoms with E-state index >= 15 is 0 Å². The van der Waals surface area contributed by atoms with E-state index in [4.69, 9.17) is 10.6 Å². The van der Waals surface area contributed by atoms with Crippen molar-refractivity contribution >= 4 is 11.3 Å². The summed E-state index contributed by atoms with van der Waals surface area (Å²) in [6.07, 6.45) is 2.23. The first-order valence-electron chi connectivity index (χ1n) is 6.99. The smallest absolute Gasteiger partial charge is 0.119 e. The van der Waals surface area contributed by atoms with E-state index in [0.29, 0.717) is 0 Å². The molecule has 0 saturated carbocycles. The molecule has 108 valence electrons. The largest absolute Gasteiger partial charge is 0.494 e. The zero-order valence-corrected chi connectivity index (χ0v) is 12.9. The Bertz CT molecular complexity index is 522. The zero-order valence-electron chi connectivity index (χ0n) is 12.1. The van der Waals surface area contributed by atoms with Crippen LogP contribution in [0.15, 0.2) is 35.7 Å². The van der Waals surface area contributed by atoms with Crippen LogP contribution in [0.1, 0.15) is 41.8 Å². The summed E-state index contributed by atoms with van der Waals surface area (Å²) < 4.78 is 5.68. The Balaban J connectivity index is 2.10. The normalized spacial score (nSPS) is 12.3. The van der Waals surface area contributed by atoms with Crippen molar-refractivity contribution < 1.29 is 4.74 Å². The third-order valence-electron chi connectivity index (χ3n) is 3.36. The number of hydrogen-bond donors (Lipinski definition) is 2. The number of thiophene rings is 1. The quantitative estimate of drug-likeness (QED) is 0.463. The van der Waals surface area contributed by atoms with Gasteiger partial charge in [-0.25, -0.2) is 5.43 Å². The fourth-order valence-corrected chi connectivity index (χ4v) is 2.89. The number of aryl methyl sites for hydroxylation is 1. The van der Waals surface area contributed by atoms with Gasteiger partial charge in [-0.1, -0.05) is 25.5 Å². The molecule has 0 saturated heterocycles. The molecule has 0 fully saturated rings. The molecule has 0 aliphatic rings. The highest BCUT2D eigenvalue weighted by Gasteiger charge is 2.15. The first-order valence-corrected chi connectivity index (χ1v) is 7.87. The van der Waals surface area contributed by atoms with Gasteiger partial charge in [0.25, 0.3) is 0 Å². The molecule has 3 nitrogen and oxygen atoms in total. The number of nitrogens with one attached hydrogen (secondary N) is 1. The summed E-state index contributed by atoms with van der Waals surface area (Å²) in [5.41, 5.74) is 5.28. The van der Waals surface area contributed by atoms with Crippen molar-refractivity contribution in [1.82, 2.24) is 5.43 Å². The summed E-state index contributed by atoms with van der Waals surface area (Å²) in [6.45, 7) is 5.05. The molecule has 1 unspecified atom stereocenters.